The van der Waals surface area contributed by atoms with Crippen LogP contribution in [0.25, 0.3) is 11.0 Å². The van der Waals surface area contributed by atoms with Gasteiger partial charge in [0.25, 0.3) is 6.43 Å². The SMILES string of the molecule is C=CC(=O)N1CC[C@H](Oc2ccc3ncnc(Nc4ccc(OCC(F)F)c(Cl)c4F)c3n2)C1. The summed E-state index contributed by atoms with van der Waals surface area (Å²) in [6.45, 7) is 3.54. The summed E-state index contributed by atoms with van der Waals surface area (Å²) in [5.74, 6) is -0.791. The molecule has 2 aromatic heterocycles. The number of anilines is 2. The lowest BCUT2D eigenvalue weighted by Gasteiger charge is -2.16. The number of pyridine rings is 1. The van der Waals surface area contributed by atoms with Crippen molar-refractivity contribution in [2.24, 2.45) is 0 Å². The highest BCUT2D eigenvalue weighted by Gasteiger charge is 2.26. The van der Waals surface area contributed by atoms with Crippen molar-refractivity contribution in [1.82, 2.24) is 19.9 Å². The molecule has 1 aliphatic heterocycles. The third kappa shape index (κ3) is 5.14. The van der Waals surface area contributed by atoms with Crippen molar-refractivity contribution in [2.75, 3.05) is 25.0 Å². The maximum Gasteiger partial charge on any atom is 0.272 e. The van der Waals surface area contributed by atoms with Crippen molar-refractivity contribution < 1.29 is 27.4 Å². The summed E-state index contributed by atoms with van der Waals surface area (Å²) in [5.41, 5.74) is 0.727. The first kappa shape index (κ1) is 23.6. The molecular formula is C22H19ClF3N5O3. The normalized spacial score (nSPS) is 15.6. The number of hydrogen-bond donors (Lipinski definition) is 1. The second-order valence-electron chi connectivity index (χ2n) is 7.32. The molecule has 34 heavy (non-hydrogen) atoms. The van der Waals surface area contributed by atoms with E-state index in [2.05, 4.69) is 26.8 Å². The van der Waals surface area contributed by atoms with E-state index >= 15 is 0 Å². The summed E-state index contributed by atoms with van der Waals surface area (Å²) in [4.78, 5) is 26.1. The van der Waals surface area contributed by atoms with E-state index in [0.29, 0.717) is 30.5 Å². The number of carbonyl (C=O) groups excluding carboxylic acids is 1. The number of halogens is 4. The number of carbonyl (C=O) groups is 1. The molecule has 1 N–H and O–H groups in total. The number of aromatic nitrogens is 3. The van der Waals surface area contributed by atoms with E-state index in [1.54, 1.807) is 17.0 Å². The minimum Gasteiger partial charge on any atom is -0.486 e. The van der Waals surface area contributed by atoms with E-state index in [9.17, 15) is 18.0 Å². The third-order valence-electron chi connectivity index (χ3n) is 5.04. The summed E-state index contributed by atoms with van der Waals surface area (Å²) >= 11 is 5.94. The van der Waals surface area contributed by atoms with Crippen molar-refractivity contribution in [3.05, 3.63) is 54.1 Å². The van der Waals surface area contributed by atoms with E-state index in [4.69, 9.17) is 21.1 Å². The Balaban J connectivity index is 1.55. The number of rotatable bonds is 8. The Bertz CT molecular complexity index is 1230. The van der Waals surface area contributed by atoms with Crippen molar-refractivity contribution in [1.29, 1.82) is 0 Å². The average molecular weight is 494 g/mol. The van der Waals surface area contributed by atoms with Gasteiger partial charge in [0.05, 0.1) is 17.7 Å². The monoisotopic (exact) mass is 493 g/mol. The molecule has 0 unspecified atom stereocenters. The van der Waals surface area contributed by atoms with Crippen LogP contribution in [0.2, 0.25) is 5.02 Å². The molecule has 1 aliphatic rings. The summed E-state index contributed by atoms with van der Waals surface area (Å²) in [7, 11) is 0. The standard InChI is InChI=1S/C22H19ClF3N5O3/c1-2-18(32)31-8-7-12(9-31)34-17-6-4-14-21(30-17)22(28-11-27-14)29-13-3-5-15(19(23)20(13)26)33-10-16(24)25/h2-6,11-12,16H,1,7-10H2,(H,27,28,29)/t12-/m0/s1. The molecule has 0 radical (unpaired) electrons. The highest BCUT2D eigenvalue weighted by molar-refractivity contribution is 6.32. The molecule has 1 atom stereocenters. The molecule has 12 heteroatoms. The van der Waals surface area contributed by atoms with E-state index in [-0.39, 0.29) is 35.1 Å². The van der Waals surface area contributed by atoms with E-state index in [1.807, 2.05) is 0 Å². The Hall–Kier alpha value is -3.60. The summed E-state index contributed by atoms with van der Waals surface area (Å²) < 4.78 is 50.3. The van der Waals surface area contributed by atoms with Gasteiger partial charge in [-0.1, -0.05) is 18.2 Å². The van der Waals surface area contributed by atoms with Crippen LogP contribution >= 0.6 is 11.6 Å². The van der Waals surface area contributed by atoms with Gasteiger partial charge in [-0.2, -0.15) is 0 Å². The highest BCUT2D eigenvalue weighted by Crippen LogP contribution is 2.34. The van der Waals surface area contributed by atoms with Crippen LogP contribution in [0, 0.1) is 5.82 Å². The topological polar surface area (TPSA) is 89.5 Å². The molecule has 0 spiro atoms. The number of benzene rings is 1. The van der Waals surface area contributed by atoms with Gasteiger partial charge in [0.2, 0.25) is 11.8 Å². The Morgan fingerprint density at radius 2 is 2.15 bits per heavy atom. The quantitative estimate of drug-likeness (QED) is 0.466. The number of fused-ring (bicyclic) bond motifs is 1. The van der Waals surface area contributed by atoms with Crippen molar-refractivity contribution in [3.63, 3.8) is 0 Å². The molecule has 4 rings (SSSR count). The summed E-state index contributed by atoms with van der Waals surface area (Å²) in [6.07, 6.45) is 0.213. The number of likely N-dealkylation sites (tertiary alicyclic amines) is 1. The summed E-state index contributed by atoms with van der Waals surface area (Å²) in [5, 5.41) is 2.36. The molecule has 1 amide bonds. The van der Waals surface area contributed by atoms with Gasteiger partial charge in [-0.05, 0) is 24.3 Å². The second kappa shape index (κ2) is 10.1. The van der Waals surface area contributed by atoms with Crippen molar-refractivity contribution in [2.45, 2.75) is 19.0 Å². The zero-order chi connectivity index (χ0) is 24.2. The highest BCUT2D eigenvalue weighted by atomic mass is 35.5. The summed E-state index contributed by atoms with van der Waals surface area (Å²) in [6, 6.07) is 5.89. The van der Waals surface area contributed by atoms with Crippen molar-refractivity contribution >= 4 is 40.0 Å². The fourth-order valence-corrected chi connectivity index (χ4v) is 3.64. The Kier molecular flexibility index (Phi) is 7.01. The van der Waals surface area contributed by atoms with Gasteiger partial charge in [-0.3, -0.25) is 4.79 Å². The minimum absolute atomic E-state index is 0.0584. The smallest absolute Gasteiger partial charge is 0.272 e. The lowest BCUT2D eigenvalue weighted by molar-refractivity contribution is -0.125. The predicted molar refractivity (Wildman–Crippen MR) is 119 cm³/mol. The first-order valence-corrected chi connectivity index (χ1v) is 10.6. The fourth-order valence-electron chi connectivity index (χ4n) is 3.42. The molecule has 1 aromatic carbocycles. The third-order valence-corrected chi connectivity index (χ3v) is 5.39. The van der Waals surface area contributed by atoms with Gasteiger partial charge in [0.15, 0.2) is 11.6 Å². The zero-order valence-corrected chi connectivity index (χ0v) is 18.4. The van der Waals surface area contributed by atoms with E-state index < -0.39 is 23.9 Å². The lowest BCUT2D eigenvalue weighted by Crippen LogP contribution is -2.29. The molecule has 0 saturated carbocycles. The molecule has 1 fully saturated rings. The number of amides is 1. The molecule has 3 heterocycles. The Morgan fingerprint density at radius 1 is 1.32 bits per heavy atom. The molecule has 3 aromatic rings. The molecule has 1 saturated heterocycles. The maximum absolute atomic E-state index is 14.8. The average Bonchev–Trinajstić information content (AvgIpc) is 3.29. The van der Waals surface area contributed by atoms with Crippen LogP contribution in [0.3, 0.4) is 0 Å². The van der Waals surface area contributed by atoms with Gasteiger partial charge in [-0.15, -0.1) is 0 Å². The number of nitrogens with zero attached hydrogens (tertiary/aromatic N) is 4. The molecule has 0 aliphatic carbocycles. The Morgan fingerprint density at radius 3 is 2.91 bits per heavy atom. The van der Waals surface area contributed by atoms with Crippen LogP contribution < -0.4 is 14.8 Å². The Labute approximate surface area is 197 Å². The first-order valence-electron chi connectivity index (χ1n) is 10.2. The number of alkyl halides is 2. The zero-order valence-electron chi connectivity index (χ0n) is 17.7. The largest absolute Gasteiger partial charge is 0.486 e. The molecule has 178 valence electrons. The van der Waals surface area contributed by atoms with Gasteiger partial charge in [0, 0.05) is 19.0 Å². The fraction of sp³-hybridized carbons (Fsp3) is 0.273. The molecule has 0 bridgehead atoms. The second-order valence-corrected chi connectivity index (χ2v) is 7.70. The van der Waals surface area contributed by atoms with E-state index in [1.165, 1.54) is 24.5 Å². The van der Waals surface area contributed by atoms with Crippen LogP contribution in [0.5, 0.6) is 11.6 Å². The van der Waals surface area contributed by atoms with Crippen LogP contribution in [-0.4, -0.2) is 58.0 Å². The van der Waals surface area contributed by atoms with Crippen LogP contribution in [0.1, 0.15) is 6.42 Å². The van der Waals surface area contributed by atoms with Gasteiger partial charge in [0.1, 0.15) is 35.3 Å². The van der Waals surface area contributed by atoms with Crippen LogP contribution in [0.15, 0.2) is 43.2 Å². The van der Waals surface area contributed by atoms with E-state index in [0.717, 1.165) is 0 Å². The number of nitrogens with one attached hydrogen (secondary N) is 1. The lowest BCUT2D eigenvalue weighted by atomic mass is 10.2. The first-order chi connectivity index (χ1) is 16.4. The van der Waals surface area contributed by atoms with Gasteiger partial charge >= 0.3 is 0 Å². The minimum atomic E-state index is -2.72. The van der Waals surface area contributed by atoms with Crippen LogP contribution in [-0.2, 0) is 4.79 Å². The number of ether oxygens (including phenoxy) is 2. The molecular weight excluding hydrogens is 475 g/mol. The number of hydrogen-bond acceptors (Lipinski definition) is 7. The van der Waals surface area contributed by atoms with Gasteiger partial charge in [-0.25, -0.2) is 28.1 Å². The predicted octanol–water partition coefficient (Wildman–Crippen LogP) is 4.37. The van der Waals surface area contributed by atoms with Crippen molar-refractivity contribution in [3.8, 4) is 11.6 Å². The maximum atomic E-state index is 14.8. The van der Waals surface area contributed by atoms with Crippen LogP contribution in [0.4, 0.5) is 24.7 Å². The molecule has 8 nitrogen and oxygen atoms in total. The van der Waals surface area contributed by atoms with Gasteiger partial charge < -0.3 is 19.7 Å².